The lowest BCUT2D eigenvalue weighted by molar-refractivity contribution is -0.111. The van der Waals surface area contributed by atoms with E-state index in [0.29, 0.717) is 30.5 Å². The average molecular weight is 460 g/mol. The maximum absolute atomic E-state index is 12.7. The van der Waals surface area contributed by atoms with Gasteiger partial charge in [-0.05, 0) is 43.5 Å². The number of amides is 1. The van der Waals surface area contributed by atoms with Crippen molar-refractivity contribution in [2.45, 2.75) is 33.2 Å². The Morgan fingerprint density at radius 1 is 1.15 bits per heavy atom. The van der Waals surface area contributed by atoms with Gasteiger partial charge < -0.3 is 20.3 Å². The topological polar surface area (TPSA) is 79.4 Å². The van der Waals surface area contributed by atoms with Crippen LogP contribution in [0.15, 0.2) is 60.9 Å². The quantitative estimate of drug-likeness (QED) is 0.376. The first-order valence-corrected chi connectivity index (χ1v) is 12.1. The van der Waals surface area contributed by atoms with Gasteiger partial charge in [0.1, 0.15) is 17.9 Å². The molecule has 3 aromatic rings. The molecule has 0 spiro atoms. The Morgan fingerprint density at radius 3 is 2.68 bits per heavy atom. The summed E-state index contributed by atoms with van der Waals surface area (Å²) in [6.45, 7) is 8.16. The SMILES string of the molecule is CCN(CC)C/C=C/C(=O)Nc1cc2c(NCc3ccccc3)ncnc2cc1OCC1CC1. The molecule has 1 fully saturated rings. The lowest BCUT2D eigenvalue weighted by Crippen LogP contribution is -2.23. The molecule has 1 amide bonds. The Kier molecular flexibility index (Phi) is 8.09. The van der Waals surface area contributed by atoms with Crippen molar-refractivity contribution in [2.75, 3.05) is 36.9 Å². The highest BCUT2D eigenvalue weighted by atomic mass is 16.5. The molecule has 2 N–H and O–H groups in total. The predicted molar refractivity (Wildman–Crippen MR) is 137 cm³/mol. The summed E-state index contributed by atoms with van der Waals surface area (Å²) in [5.74, 6) is 1.77. The van der Waals surface area contributed by atoms with Gasteiger partial charge in [0.2, 0.25) is 5.91 Å². The van der Waals surface area contributed by atoms with Crippen molar-refractivity contribution in [1.29, 1.82) is 0 Å². The third-order valence-electron chi connectivity index (χ3n) is 6.00. The van der Waals surface area contributed by atoms with Crippen LogP contribution in [0.4, 0.5) is 11.5 Å². The molecule has 1 aliphatic carbocycles. The first kappa shape index (κ1) is 23.7. The third-order valence-corrected chi connectivity index (χ3v) is 6.00. The van der Waals surface area contributed by atoms with Crippen LogP contribution in [0, 0.1) is 5.92 Å². The van der Waals surface area contributed by atoms with Crippen molar-refractivity contribution in [1.82, 2.24) is 14.9 Å². The van der Waals surface area contributed by atoms with E-state index in [2.05, 4.69) is 51.5 Å². The molecule has 0 atom stereocenters. The van der Waals surface area contributed by atoms with Crippen LogP contribution in [-0.2, 0) is 11.3 Å². The maximum atomic E-state index is 12.7. The first-order chi connectivity index (χ1) is 16.7. The zero-order valence-electron chi connectivity index (χ0n) is 20.0. The normalized spacial score (nSPS) is 13.5. The Bertz CT molecular complexity index is 1120. The van der Waals surface area contributed by atoms with E-state index >= 15 is 0 Å². The molecule has 7 heteroatoms. The van der Waals surface area contributed by atoms with Crippen LogP contribution in [0.5, 0.6) is 5.75 Å². The molecule has 0 unspecified atom stereocenters. The maximum Gasteiger partial charge on any atom is 0.248 e. The second-order valence-electron chi connectivity index (χ2n) is 8.56. The summed E-state index contributed by atoms with van der Waals surface area (Å²) in [7, 11) is 0. The number of likely N-dealkylation sites (N-methyl/N-ethyl adjacent to an activating group) is 1. The molecule has 0 aliphatic heterocycles. The number of ether oxygens (including phenoxy) is 1. The van der Waals surface area contributed by atoms with Crippen molar-refractivity contribution >= 4 is 28.3 Å². The monoisotopic (exact) mass is 459 g/mol. The van der Waals surface area contributed by atoms with Gasteiger partial charge in [0.25, 0.3) is 0 Å². The van der Waals surface area contributed by atoms with Gasteiger partial charge >= 0.3 is 0 Å². The number of aromatic nitrogens is 2. The summed E-state index contributed by atoms with van der Waals surface area (Å²) in [5, 5.41) is 7.24. The van der Waals surface area contributed by atoms with Crippen molar-refractivity contribution < 1.29 is 9.53 Å². The molecule has 1 aromatic heterocycles. The van der Waals surface area contributed by atoms with Gasteiger partial charge in [-0.2, -0.15) is 0 Å². The van der Waals surface area contributed by atoms with Gasteiger partial charge in [-0.15, -0.1) is 0 Å². The van der Waals surface area contributed by atoms with Crippen LogP contribution in [0.3, 0.4) is 0 Å². The Labute approximate surface area is 201 Å². The molecule has 0 saturated heterocycles. The van der Waals surface area contributed by atoms with Crippen LogP contribution in [-0.4, -0.2) is 47.0 Å². The largest absolute Gasteiger partial charge is 0.491 e. The Hall–Kier alpha value is -3.45. The number of carbonyl (C=O) groups excluding carboxylic acids is 1. The highest BCUT2D eigenvalue weighted by Crippen LogP contribution is 2.35. The van der Waals surface area contributed by atoms with Crippen LogP contribution >= 0.6 is 0 Å². The number of hydrogen-bond acceptors (Lipinski definition) is 6. The molecule has 1 aliphatic rings. The van der Waals surface area contributed by atoms with Crippen molar-refractivity contribution in [2.24, 2.45) is 5.92 Å². The van der Waals surface area contributed by atoms with Gasteiger partial charge in [0.15, 0.2) is 0 Å². The van der Waals surface area contributed by atoms with E-state index in [4.69, 9.17) is 4.74 Å². The number of rotatable bonds is 12. The van der Waals surface area contributed by atoms with Crippen LogP contribution in [0.1, 0.15) is 32.3 Å². The van der Waals surface area contributed by atoms with Gasteiger partial charge in [0, 0.05) is 30.6 Å². The standard InChI is InChI=1S/C27H33N5O2/c1-3-32(4-2)14-8-11-26(33)31-24-15-22-23(16-25(24)34-18-21-12-13-21)29-19-30-27(22)28-17-20-9-6-5-7-10-20/h5-11,15-16,19,21H,3-4,12-14,17-18H2,1-2H3,(H,31,33)(H,28,29,30)/b11-8+. The summed E-state index contributed by atoms with van der Waals surface area (Å²) in [5.41, 5.74) is 2.56. The fraction of sp³-hybridized carbons (Fsp3) is 0.370. The van der Waals surface area contributed by atoms with Crippen LogP contribution in [0.25, 0.3) is 10.9 Å². The summed E-state index contributed by atoms with van der Waals surface area (Å²) in [6.07, 6.45) is 7.42. The first-order valence-electron chi connectivity index (χ1n) is 12.1. The highest BCUT2D eigenvalue weighted by molar-refractivity contribution is 6.03. The minimum Gasteiger partial charge on any atom is -0.491 e. The van der Waals surface area contributed by atoms with E-state index in [1.165, 1.54) is 12.8 Å². The van der Waals surface area contributed by atoms with E-state index in [1.807, 2.05) is 36.4 Å². The van der Waals surface area contributed by atoms with Gasteiger partial charge in [0.05, 0.1) is 17.8 Å². The molecule has 7 nitrogen and oxygen atoms in total. The number of anilines is 2. The van der Waals surface area contributed by atoms with Gasteiger partial charge in [-0.25, -0.2) is 9.97 Å². The van der Waals surface area contributed by atoms with Crippen molar-refractivity contribution in [3.8, 4) is 5.75 Å². The highest BCUT2D eigenvalue weighted by Gasteiger charge is 2.23. The molecule has 0 bridgehead atoms. The third kappa shape index (κ3) is 6.54. The second-order valence-corrected chi connectivity index (χ2v) is 8.56. The van der Waals surface area contributed by atoms with Gasteiger partial charge in [-0.3, -0.25) is 4.79 Å². The van der Waals surface area contributed by atoms with Gasteiger partial charge in [-0.1, -0.05) is 50.3 Å². The zero-order valence-corrected chi connectivity index (χ0v) is 20.0. The fourth-order valence-electron chi connectivity index (χ4n) is 3.68. The minimum atomic E-state index is -0.182. The summed E-state index contributed by atoms with van der Waals surface area (Å²) in [4.78, 5) is 23.8. The van der Waals surface area contributed by atoms with E-state index in [-0.39, 0.29) is 5.91 Å². The summed E-state index contributed by atoms with van der Waals surface area (Å²) >= 11 is 0. The molecule has 4 rings (SSSR count). The molecule has 34 heavy (non-hydrogen) atoms. The lowest BCUT2D eigenvalue weighted by Gasteiger charge is -2.16. The van der Waals surface area contributed by atoms with E-state index in [0.717, 1.165) is 41.9 Å². The van der Waals surface area contributed by atoms with Crippen molar-refractivity contribution in [3.05, 3.63) is 66.5 Å². The molecule has 1 saturated carbocycles. The Morgan fingerprint density at radius 2 is 1.94 bits per heavy atom. The summed E-state index contributed by atoms with van der Waals surface area (Å²) < 4.78 is 6.09. The van der Waals surface area contributed by atoms with E-state index in [1.54, 1.807) is 12.4 Å². The number of nitrogens with zero attached hydrogens (tertiary/aromatic N) is 3. The molecule has 1 heterocycles. The van der Waals surface area contributed by atoms with Crippen LogP contribution < -0.4 is 15.4 Å². The summed E-state index contributed by atoms with van der Waals surface area (Å²) in [6, 6.07) is 14.0. The Balaban J connectivity index is 1.56. The fourth-order valence-corrected chi connectivity index (χ4v) is 3.68. The molecule has 178 valence electrons. The van der Waals surface area contributed by atoms with E-state index in [9.17, 15) is 4.79 Å². The predicted octanol–water partition coefficient (Wildman–Crippen LogP) is 4.87. The van der Waals surface area contributed by atoms with E-state index < -0.39 is 0 Å². The number of benzene rings is 2. The second kappa shape index (κ2) is 11.6. The molecule has 2 aromatic carbocycles. The smallest absolute Gasteiger partial charge is 0.248 e. The number of hydrogen-bond donors (Lipinski definition) is 2. The average Bonchev–Trinajstić information content (AvgIpc) is 3.69. The lowest BCUT2D eigenvalue weighted by atomic mass is 10.1. The van der Waals surface area contributed by atoms with Crippen molar-refractivity contribution in [3.63, 3.8) is 0 Å². The minimum absolute atomic E-state index is 0.182. The number of carbonyl (C=O) groups is 1. The molecular weight excluding hydrogens is 426 g/mol. The molecular formula is C27H33N5O2. The number of nitrogens with one attached hydrogen (secondary N) is 2. The number of fused-ring (bicyclic) bond motifs is 1. The molecule has 0 radical (unpaired) electrons. The van der Waals surface area contributed by atoms with Crippen LogP contribution in [0.2, 0.25) is 0 Å². The zero-order chi connectivity index (χ0) is 23.8.